The highest BCUT2D eigenvalue weighted by Crippen LogP contribution is 2.22. The number of nitrogens with zero attached hydrogens (tertiary/aromatic N) is 6. The first-order chi connectivity index (χ1) is 18.1. The van der Waals surface area contributed by atoms with E-state index in [1.54, 1.807) is 31.7 Å². The Balaban J connectivity index is 1.22. The summed E-state index contributed by atoms with van der Waals surface area (Å²) < 4.78 is 5.95. The molecule has 0 radical (unpaired) electrons. The van der Waals surface area contributed by atoms with E-state index in [0.29, 0.717) is 30.4 Å². The minimum atomic E-state index is -0.124. The molecule has 0 aliphatic carbocycles. The normalized spacial score (nSPS) is 14.4. The molecule has 5 rings (SSSR count). The highest BCUT2D eigenvalue weighted by atomic mass is 16.5. The van der Waals surface area contributed by atoms with Crippen molar-refractivity contribution >= 4 is 22.6 Å². The zero-order valence-electron chi connectivity index (χ0n) is 21.0. The fraction of sp³-hybridized carbons (Fsp3) is 0.333. The summed E-state index contributed by atoms with van der Waals surface area (Å²) >= 11 is 0. The number of rotatable bonds is 8. The van der Waals surface area contributed by atoms with Gasteiger partial charge in [0.05, 0.1) is 16.8 Å². The predicted octanol–water partition coefficient (Wildman–Crippen LogP) is 2.97. The van der Waals surface area contributed by atoms with E-state index in [2.05, 4.69) is 47.5 Å². The van der Waals surface area contributed by atoms with Crippen molar-refractivity contribution in [3.8, 4) is 17.3 Å². The summed E-state index contributed by atoms with van der Waals surface area (Å²) in [5.74, 6) is 0.581. The number of ether oxygens (including phenoxy) is 1. The van der Waals surface area contributed by atoms with Crippen LogP contribution in [0.15, 0.2) is 55.2 Å². The van der Waals surface area contributed by atoms with Gasteiger partial charge in [-0.25, -0.2) is 19.9 Å². The molecule has 1 saturated heterocycles. The summed E-state index contributed by atoms with van der Waals surface area (Å²) in [6.07, 6.45) is 9.49. The third-order valence-electron chi connectivity index (χ3n) is 6.56. The molecule has 0 spiro atoms. The Bertz CT molecular complexity index is 1370. The summed E-state index contributed by atoms with van der Waals surface area (Å²) in [5, 5.41) is 6.89. The molecule has 0 unspecified atom stereocenters. The van der Waals surface area contributed by atoms with E-state index in [9.17, 15) is 4.79 Å². The number of piperidine rings is 1. The maximum atomic E-state index is 12.2. The number of likely N-dealkylation sites (tertiary alicyclic amines) is 1. The number of amides is 1. The number of fused-ring (bicyclic) bond motifs is 1. The minimum absolute atomic E-state index is 0.124. The molecule has 1 aliphatic rings. The maximum Gasteiger partial charge on any atom is 0.316 e. The third kappa shape index (κ3) is 5.80. The van der Waals surface area contributed by atoms with Crippen LogP contribution in [-0.2, 0) is 6.42 Å². The van der Waals surface area contributed by atoms with Crippen LogP contribution in [0.5, 0.6) is 6.01 Å². The van der Waals surface area contributed by atoms with Gasteiger partial charge in [-0.15, -0.1) is 0 Å². The molecule has 0 saturated carbocycles. The first kappa shape index (κ1) is 24.5. The Morgan fingerprint density at radius 3 is 2.68 bits per heavy atom. The van der Waals surface area contributed by atoms with Crippen LogP contribution in [0.1, 0.15) is 28.8 Å². The van der Waals surface area contributed by atoms with Crippen LogP contribution in [0.3, 0.4) is 0 Å². The van der Waals surface area contributed by atoms with Gasteiger partial charge in [0.1, 0.15) is 18.2 Å². The predicted molar refractivity (Wildman–Crippen MR) is 142 cm³/mol. The molecular formula is C27H30N8O2. The molecule has 3 aromatic heterocycles. The number of hydrogen-bond donors (Lipinski definition) is 2. The summed E-state index contributed by atoms with van der Waals surface area (Å²) in [6, 6.07) is 9.92. The van der Waals surface area contributed by atoms with Gasteiger partial charge in [0.25, 0.3) is 5.91 Å². The van der Waals surface area contributed by atoms with Gasteiger partial charge in [0.15, 0.2) is 0 Å². The van der Waals surface area contributed by atoms with E-state index in [0.717, 1.165) is 53.7 Å². The Kier molecular flexibility index (Phi) is 7.46. The van der Waals surface area contributed by atoms with Gasteiger partial charge in [-0.05, 0) is 37.9 Å². The molecule has 1 fully saturated rings. The van der Waals surface area contributed by atoms with Gasteiger partial charge >= 0.3 is 6.01 Å². The van der Waals surface area contributed by atoms with Crippen LogP contribution in [0.4, 0.5) is 5.82 Å². The Morgan fingerprint density at radius 2 is 1.89 bits per heavy atom. The summed E-state index contributed by atoms with van der Waals surface area (Å²) in [5.41, 5.74) is 4.02. The van der Waals surface area contributed by atoms with Crippen molar-refractivity contribution in [2.75, 3.05) is 39.0 Å². The first-order valence-electron chi connectivity index (χ1n) is 12.4. The summed E-state index contributed by atoms with van der Waals surface area (Å²) in [7, 11) is 3.75. The molecule has 10 heteroatoms. The fourth-order valence-electron chi connectivity index (χ4n) is 4.47. The zero-order valence-corrected chi connectivity index (χ0v) is 21.0. The lowest BCUT2D eigenvalue weighted by Crippen LogP contribution is -2.35. The van der Waals surface area contributed by atoms with Gasteiger partial charge in [-0.1, -0.05) is 18.2 Å². The average molecular weight is 499 g/mol. The molecule has 10 nitrogen and oxygen atoms in total. The van der Waals surface area contributed by atoms with Crippen LogP contribution < -0.4 is 15.4 Å². The smallest absolute Gasteiger partial charge is 0.316 e. The Hall–Kier alpha value is -4.18. The second-order valence-corrected chi connectivity index (χ2v) is 9.09. The molecular weight excluding hydrogens is 468 g/mol. The number of anilines is 1. The van der Waals surface area contributed by atoms with Crippen LogP contribution >= 0.6 is 0 Å². The average Bonchev–Trinajstić information content (AvgIpc) is 2.94. The largest absolute Gasteiger partial charge is 0.460 e. The molecule has 1 aromatic carbocycles. The monoisotopic (exact) mass is 498 g/mol. The number of para-hydroxylation sites is 1. The lowest BCUT2D eigenvalue weighted by atomic mass is 10.0. The van der Waals surface area contributed by atoms with Gasteiger partial charge in [-0.2, -0.15) is 0 Å². The molecule has 2 N–H and O–H groups in total. The highest BCUT2D eigenvalue weighted by Gasteiger charge is 2.19. The molecule has 0 bridgehead atoms. The van der Waals surface area contributed by atoms with Crippen LogP contribution in [-0.4, -0.2) is 75.6 Å². The van der Waals surface area contributed by atoms with E-state index in [1.807, 2.05) is 24.3 Å². The number of carbonyl (C=O) groups is 1. The van der Waals surface area contributed by atoms with Crippen molar-refractivity contribution in [2.45, 2.75) is 25.4 Å². The number of pyridine rings is 1. The molecule has 1 amide bonds. The van der Waals surface area contributed by atoms with Crippen molar-refractivity contribution < 1.29 is 9.53 Å². The Labute approximate surface area is 215 Å². The maximum absolute atomic E-state index is 12.2. The lowest BCUT2D eigenvalue weighted by Gasteiger charge is -2.28. The van der Waals surface area contributed by atoms with E-state index in [-0.39, 0.29) is 12.0 Å². The Morgan fingerprint density at radius 1 is 1.08 bits per heavy atom. The van der Waals surface area contributed by atoms with Crippen LogP contribution in [0.25, 0.3) is 22.2 Å². The molecule has 0 atom stereocenters. The molecule has 4 heterocycles. The topological polar surface area (TPSA) is 118 Å². The second kappa shape index (κ2) is 11.3. The fourth-order valence-corrected chi connectivity index (χ4v) is 4.47. The SMILES string of the molecule is CNC(=O)c1ccnc2c(CCNc3cc(-c4cnc(OC5CCN(C)CC5)nc4)ncn3)cccc12. The molecule has 4 aromatic rings. The van der Waals surface area contributed by atoms with Crippen molar-refractivity contribution in [1.29, 1.82) is 0 Å². The summed E-state index contributed by atoms with van der Waals surface area (Å²) in [4.78, 5) is 36.6. The number of aromatic nitrogens is 5. The summed E-state index contributed by atoms with van der Waals surface area (Å²) in [6.45, 7) is 2.68. The minimum Gasteiger partial charge on any atom is -0.460 e. The lowest BCUT2D eigenvalue weighted by molar-refractivity contribution is 0.0964. The van der Waals surface area contributed by atoms with E-state index >= 15 is 0 Å². The standard InChI is InChI=1S/C27H30N8O2/c1-28-26(36)22-7-11-30-25-18(4-3-5-21(22)25)6-10-29-24-14-23(33-17-34-24)19-15-31-27(32-16-19)37-20-8-12-35(2)13-9-20/h3-5,7,11,14-17,20H,6,8-10,12-13H2,1-2H3,(H,28,36)(H,29,33,34). The van der Waals surface area contributed by atoms with Crippen molar-refractivity contribution in [2.24, 2.45) is 0 Å². The first-order valence-corrected chi connectivity index (χ1v) is 12.4. The van der Waals surface area contributed by atoms with Crippen LogP contribution in [0, 0.1) is 0 Å². The molecule has 1 aliphatic heterocycles. The number of hydrogen-bond acceptors (Lipinski definition) is 9. The van der Waals surface area contributed by atoms with Gasteiger partial charge < -0.3 is 20.3 Å². The number of benzene rings is 1. The van der Waals surface area contributed by atoms with Gasteiger partial charge in [0.2, 0.25) is 0 Å². The van der Waals surface area contributed by atoms with Crippen molar-refractivity contribution in [1.82, 2.24) is 35.1 Å². The van der Waals surface area contributed by atoms with Gasteiger partial charge in [0, 0.05) is 62.3 Å². The van der Waals surface area contributed by atoms with Crippen molar-refractivity contribution in [3.63, 3.8) is 0 Å². The van der Waals surface area contributed by atoms with Gasteiger partial charge in [-0.3, -0.25) is 9.78 Å². The third-order valence-corrected chi connectivity index (χ3v) is 6.56. The zero-order chi connectivity index (χ0) is 25.6. The van der Waals surface area contributed by atoms with E-state index in [4.69, 9.17) is 4.74 Å². The van der Waals surface area contributed by atoms with Crippen LogP contribution in [0.2, 0.25) is 0 Å². The number of nitrogens with one attached hydrogen (secondary N) is 2. The van der Waals surface area contributed by atoms with Crippen molar-refractivity contribution in [3.05, 3.63) is 66.4 Å². The quantitative estimate of drug-likeness (QED) is 0.378. The van der Waals surface area contributed by atoms with E-state index in [1.165, 1.54) is 6.33 Å². The number of carbonyl (C=O) groups excluding carboxylic acids is 1. The highest BCUT2D eigenvalue weighted by molar-refractivity contribution is 6.06. The van der Waals surface area contributed by atoms with E-state index < -0.39 is 0 Å². The molecule has 190 valence electrons. The molecule has 37 heavy (non-hydrogen) atoms. The second-order valence-electron chi connectivity index (χ2n) is 9.09.